The van der Waals surface area contributed by atoms with E-state index >= 15 is 0 Å². The van der Waals surface area contributed by atoms with Crippen LogP contribution in [0.5, 0.6) is 0 Å². The fraction of sp³-hybridized carbons (Fsp3) is 0.826. The first kappa shape index (κ1) is 52.5. The molecule has 0 N–H and O–H groups in total. The van der Waals surface area contributed by atoms with Gasteiger partial charge in [0.25, 0.3) is 5.69 Å². The lowest BCUT2D eigenvalue weighted by Crippen LogP contribution is -2.37. The van der Waals surface area contributed by atoms with Crippen LogP contribution in [0.15, 0.2) is 29.2 Å². The van der Waals surface area contributed by atoms with Crippen LogP contribution < -0.4 is 0 Å². The van der Waals surface area contributed by atoms with Crippen molar-refractivity contribution >= 4 is 27.5 Å². The van der Waals surface area contributed by atoms with Crippen LogP contribution in [-0.2, 0) is 19.6 Å². The fourth-order valence-electron chi connectivity index (χ4n) is 7.42. The first-order valence-corrected chi connectivity index (χ1v) is 24.9. The average Bonchev–Trinajstić information content (AvgIpc) is 3.20. The third kappa shape index (κ3) is 24.9. The van der Waals surface area contributed by atoms with Crippen LogP contribution >= 0.6 is 0 Å². The summed E-state index contributed by atoms with van der Waals surface area (Å²) in [5.74, 6) is 0.139. The average molecular weight is 821 g/mol. The highest BCUT2D eigenvalue weighted by atomic mass is 32.2. The number of hydrogen-bond acceptors (Lipinski definition) is 6. The van der Waals surface area contributed by atoms with E-state index in [-0.39, 0.29) is 48.3 Å². The Kier molecular flexibility index (Phi) is 31.6. The molecule has 0 fully saturated rings. The van der Waals surface area contributed by atoms with Crippen molar-refractivity contribution in [3.8, 4) is 0 Å². The number of sulfonamides is 1. The topological polar surface area (TPSA) is 121 Å². The Bertz CT molecular complexity index is 1190. The molecule has 0 spiro atoms. The number of benzene rings is 1. The molecule has 0 bridgehead atoms. The van der Waals surface area contributed by atoms with E-state index in [0.717, 1.165) is 77.5 Å². The quantitative estimate of drug-likeness (QED) is 0.0370. The summed E-state index contributed by atoms with van der Waals surface area (Å²) in [4.78, 5) is 42.0. The Morgan fingerprint density at radius 2 is 0.772 bits per heavy atom. The van der Waals surface area contributed by atoms with Crippen LogP contribution in [0.4, 0.5) is 5.69 Å². The molecule has 0 heterocycles. The molecule has 0 aromatic heterocycles. The minimum absolute atomic E-state index is 0.0219. The summed E-state index contributed by atoms with van der Waals surface area (Å²) in [6.45, 7) is 12.1. The Morgan fingerprint density at radius 1 is 0.474 bits per heavy atom. The third-order valence-corrected chi connectivity index (χ3v) is 13.0. The molecule has 1 rings (SSSR count). The molecule has 0 saturated heterocycles. The zero-order chi connectivity index (χ0) is 42.0. The lowest BCUT2D eigenvalue weighted by Gasteiger charge is -2.26. The highest BCUT2D eigenvalue weighted by Crippen LogP contribution is 2.22. The molecule has 1 aromatic carbocycles. The van der Waals surface area contributed by atoms with E-state index in [2.05, 4.69) is 27.7 Å². The highest BCUT2D eigenvalue weighted by Gasteiger charge is 2.26. The van der Waals surface area contributed by atoms with E-state index < -0.39 is 14.9 Å². The summed E-state index contributed by atoms with van der Waals surface area (Å²) in [5, 5.41) is 11.3. The summed E-state index contributed by atoms with van der Waals surface area (Å²) >= 11 is 0. The number of hydrogen-bond donors (Lipinski definition) is 0. The SMILES string of the molecule is CCCCCCCCN(CCCCCCCC)C(=O)CCCN(CCCC(=O)N(CCCCCCCC)CCCCCCCC)S(=O)(=O)c1ccc([N+](=O)[O-])cc1. The minimum atomic E-state index is -4.02. The molecule has 0 aliphatic heterocycles. The van der Waals surface area contributed by atoms with Crippen molar-refractivity contribution in [3.63, 3.8) is 0 Å². The van der Waals surface area contributed by atoms with E-state index in [4.69, 9.17) is 0 Å². The van der Waals surface area contributed by atoms with Crippen molar-refractivity contribution in [2.75, 3.05) is 39.3 Å². The van der Waals surface area contributed by atoms with Gasteiger partial charge in [-0.2, -0.15) is 4.31 Å². The Balaban J connectivity index is 3.01. The van der Waals surface area contributed by atoms with Gasteiger partial charge < -0.3 is 9.80 Å². The van der Waals surface area contributed by atoms with Crippen molar-refractivity contribution in [1.82, 2.24) is 14.1 Å². The number of nitro benzene ring substituents is 1. The number of nitro groups is 1. The van der Waals surface area contributed by atoms with Gasteiger partial charge in [-0.05, 0) is 50.7 Å². The standard InChI is InChI=1S/C46H84N4O6S/c1-5-9-13-17-21-25-37-47(38-26-22-18-14-10-6-2)45(51)31-29-41-49(57(55,56)44-35-33-43(34-36-44)50(53)54)42-30-32-46(52)48(39-27-23-19-15-11-7-3)40-28-24-20-16-12-8-4/h33-36H,5-32,37-42H2,1-4H3. The first-order chi connectivity index (χ1) is 27.6. The molecule has 11 heteroatoms. The number of carbonyl (C=O) groups excluding carboxylic acids is 2. The Labute approximate surface area is 349 Å². The van der Waals surface area contributed by atoms with Crippen molar-refractivity contribution in [2.45, 2.75) is 212 Å². The number of carbonyl (C=O) groups is 2. The molecule has 0 radical (unpaired) electrons. The van der Waals surface area contributed by atoms with Gasteiger partial charge in [0.2, 0.25) is 21.8 Å². The van der Waals surface area contributed by atoms with E-state index in [0.29, 0.717) is 12.8 Å². The van der Waals surface area contributed by atoms with Gasteiger partial charge in [-0.25, -0.2) is 8.42 Å². The van der Waals surface area contributed by atoms with Crippen LogP contribution in [0.2, 0.25) is 0 Å². The maximum absolute atomic E-state index is 14.0. The molecule has 0 atom stereocenters. The van der Waals surface area contributed by atoms with Gasteiger partial charge in [0.05, 0.1) is 9.82 Å². The van der Waals surface area contributed by atoms with Crippen molar-refractivity contribution < 1.29 is 22.9 Å². The maximum Gasteiger partial charge on any atom is 0.269 e. The number of unbranched alkanes of at least 4 members (excludes halogenated alkanes) is 20. The second-order valence-electron chi connectivity index (χ2n) is 16.2. The Hall–Kier alpha value is -2.53. The number of rotatable bonds is 39. The summed E-state index contributed by atoms with van der Waals surface area (Å²) < 4.78 is 29.4. The number of nitrogens with zero attached hydrogens (tertiary/aromatic N) is 4. The summed E-state index contributed by atoms with van der Waals surface area (Å²) in [7, 11) is -4.02. The molecular weight excluding hydrogens is 737 g/mol. The Morgan fingerprint density at radius 3 is 1.07 bits per heavy atom. The number of amides is 2. The van der Waals surface area contributed by atoms with E-state index in [9.17, 15) is 28.1 Å². The molecule has 330 valence electrons. The van der Waals surface area contributed by atoms with Gasteiger partial charge in [-0.1, -0.05) is 156 Å². The molecule has 0 unspecified atom stereocenters. The summed E-state index contributed by atoms with van der Waals surface area (Å²) in [6, 6.07) is 4.98. The molecular formula is C46H84N4O6S. The minimum Gasteiger partial charge on any atom is -0.343 e. The molecule has 0 aliphatic carbocycles. The zero-order valence-electron chi connectivity index (χ0n) is 37.0. The predicted molar refractivity (Wildman–Crippen MR) is 237 cm³/mol. The molecule has 0 aliphatic rings. The van der Waals surface area contributed by atoms with Crippen LogP contribution in [0.25, 0.3) is 0 Å². The smallest absolute Gasteiger partial charge is 0.269 e. The maximum atomic E-state index is 14.0. The van der Waals surface area contributed by atoms with Crippen LogP contribution in [0.3, 0.4) is 0 Å². The zero-order valence-corrected chi connectivity index (χ0v) is 37.8. The second-order valence-corrected chi connectivity index (χ2v) is 18.1. The molecule has 1 aromatic rings. The van der Waals surface area contributed by atoms with Gasteiger partial charge in [-0.15, -0.1) is 0 Å². The van der Waals surface area contributed by atoms with E-state index in [1.54, 1.807) is 0 Å². The second kappa shape index (κ2) is 34.3. The van der Waals surface area contributed by atoms with Gasteiger partial charge in [-0.3, -0.25) is 19.7 Å². The van der Waals surface area contributed by atoms with Crippen molar-refractivity contribution in [3.05, 3.63) is 34.4 Å². The van der Waals surface area contributed by atoms with Gasteiger partial charge in [0.1, 0.15) is 0 Å². The lowest BCUT2D eigenvalue weighted by molar-refractivity contribution is -0.384. The first-order valence-electron chi connectivity index (χ1n) is 23.4. The van der Waals surface area contributed by atoms with Crippen LogP contribution in [-0.4, -0.2) is 78.5 Å². The van der Waals surface area contributed by atoms with Crippen molar-refractivity contribution in [1.29, 1.82) is 0 Å². The van der Waals surface area contributed by atoms with Crippen LogP contribution in [0, 0.1) is 10.1 Å². The van der Waals surface area contributed by atoms with Crippen molar-refractivity contribution in [2.24, 2.45) is 0 Å². The molecule has 0 saturated carbocycles. The normalized spacial score (nSPS) is 11.7. The monoisotopic (exact) mass is 821 g/mol. The molecule has 2 amide bonds. The summed E-state index contributed by atoms with van der Waals surface area (Å²) in [5.41, 5.74) is -0.177. The van der Waals surface area contributed by atoms with Crippen LogP contribution in [0.1, 0.15) is 207 Å². The van der Waals surface area contributed by atoms with E-state index in [1.807, 2.05) is 9.80 Å². The fourth-order valence-corrected chi connectivity index (χ4v) is 8.94. The lowest BCUT2D eigenvalue weighted by atomic mass is 10.1. The highest BCUT2D eigenvalue weighted by molar-refractivity contribution is 7.89. The number of non-ortho nitro benzene ring substituents is 1. The molecule has 10 nitrogen and oxygen atoms in total. The van der Waals surface area contributed by atoms with Gasteiger partial charge >= 0.3 is 0 Å². The largest absolute Gasteiger partial charge is 0.343 e. The molecule has 57 heavy (non-hydrogen) atoms. The van der Waals surface area contributed by atoms with Gasteiger partial charge in [0.15, 0.2) is 0 Å². The third-order valence-electron chi connectivity index (χ3n) is 11.1. The summed E-state index contributed by atoms with van der Waals surface area (Å²) in [6.07, 6.45) is 29.0. The van der Waals surface area contributed by atoms with E-state index in [1.165, 1.54) is 131 Å². The predicted octanol–water partition coefficient (Wildman–Crippen LogP) is 12.2. The van der Waals surface area contributed by atoms with Gasteiger partial charge in [0, 0.05) is 64.2 Å².